The van der Waals surface area contributed by atoms with Gasteiger partial charge in [0.25, 0.3) is 0 Å². The third-order valence-corrected chi connectivity index (χ3v) is 7.29. The van der Waals surface area contributed by atoms with Gasteiger partial charge >= 0.3 is 11.9 Å². The summed E-state index contributed by atoms with van der Waals surface area (Å²) in [5, 5.41) is 29.0. The molecule has 0 spiro atoms. The number of aliphatic carboxylic acids is 1. The third-order valence-electron chi connectivity index (χ3n) is 7.29. The van der Waals surface area contributed by atoms with Crippen LogP contribution in [-0.4, -0.2) is 45.6 Å². The quantitative estimate of drug-likeness (QED) is 0.322. The highest BCUT2D eigenvalue weighted by atomic mass is 16.5. The molecule has 0 amide bonds. The Bertz CT molecular complexity index is 741. The van der Waals surface area contributed by atoms with Crippen molar-refractivity contribution in [3.63, 3.8) is 0 Å². The van der Waals surface area contributed by atoms with E-state index in [4.69, 9.17) is 9.84 Å². The first-order valence-electron chi connectivity index (χ1n) is 11.8. The van der Waals surface area contributed by atoms with E-state index in [9.17, 15) is 19.8 Å². The number of rotatable bonds is 11. The van der Waals surface area contributed by atoms with Crippen molar-refractivity contribution in [2.45, 2.75) is 84.5 Å². The molecule has 0 aromatic carbocycles. The molecule has 1 unspecified atom stereocenters. The van der Waals surface area contributed by atoms with Crippen molar-refractivity contribution < 1.29 is 29.6 Å². The molecule has 0 saturated heterocycles. The van der Waals surface area contributed by atoms with Gasteiger partial charge in [-0.15, -0.1) is 6.58 Å². The standard InChI is InChI=1S/C26H40O6/c1-6-26(5,7-2)25(31)32-22-13-16(3)12-18-9-8-17(4)21(24(18)22)11-10-19(27)14-20(28)15-23(29)30/h6,8-9,12,16-17,19-22,24,27-28H,1,7,10-11,13-15H2,2-5H3,(H,29,30)/t16-,17-,19?,20-,21-,22-,24-,26-/m0/s1. The minimum atomic E-state index is -1.08. The smallest absolute Gasteiger partial charge is 0.315 e. The zero-order chi connectivity index (χ0) is 24.1. The number of hydrogen-bond acceptors (Lipinski definition) is 5. The van der Waals surface area contributed by atoms with E-state index in [1.165, 1.54) is 5.57 Å². The monoisotopic (exact) mass is 448 g/mol. The number of carboxylic acids is 1. The molecule has 6 nitrogen and oxygen atoms in total. The van der Waals surface area contributed by atoms with E-state index in [0.29, 0.717) is 25.2 Å². The largest absolute Gasteiger partial charge is 0.481 e. The number of fused-ring (bicyclic) bond motifs is 1. The normalized spacial score (nSPS) is 30.9. The molecule has 32 heavy (non-hydrogen) atoms. The number of allylic oxidation sites excluding steroid dienone is 3. The van der Waals surface area contributed by atoms with Crippen LogP contribution in [0.5, 0.6) is 0 Å². The highest BCUT2D eigenvalue weighted by molar-refractivity contribution is 5.78. The van der Waals surface area contributed by atoms with Crippen LogP contribution >= 0.6 is 0 Å². The van der Waals surface area contributed by atoms with Gasteiger partial charge in [0.2, 0.25) is 0 Å². The molecule has 3 N–H and O–H groups in total. The summed E-state index contributed by atoms with van der Waals surface area (Å²) >= 11 is 0. The van der Waals surface area contributed by atoms with Gasteiger partial charge in [-0.05, 0) is 62.4 Å². The molecular weight excluding hydrogens is 408 g/mol. The van der Waals surface area contributed by atoms with E-state index in [0.717, 1.165) is 6.42 Å². The van der Waals surface area contributed by atoms with Crippen LogP contribution in [0.1, 0.15) is 66.2 Å². The maximum Gasteiger partial charge on any atom is 0.315 e. The molecule has 0 saturated carbocycles. The summed E-state index contributed by atoms with van der Waals surface area (Å²) in [6.07, 6.45) is 8.37. The molecule has 2 aliphatic carbocycles. The van der Waals surface area contributed by atoms with E-state index in [1.807, 2.05) is 13.8 Å². The second-order valence-electron chi connectivity index (χ2n) is 9.92. The molecule has 180 valence electrons. The van der Waals surface area contributed by atoms with Gasteiger partial charge in [0.1, 0.15) is 6.10 Å². The Hall–Kier alpha value is -1.92. The summed E-state index contributed by atoms with van der Waals surface area (Å²) in [6, 6.07) is 0. The Morgan fingerprint density at radius 1 is 1.31 bits per heavy atom. The second-order valence-corrected chi connectivity index (χ2v) is 9.92. The Kier molecular flexibility index (Phi) is 9.28. The summed E-state index contributed by atoms with van der Waals surface area (Å²) in [5.74, 6) is -0.543. The number of ether oxygens (including phenoxy) is 1. The first kappa shape index (κ1) is 26.3. The van der Waals surface area contributed by atoms with Crippen molar-refractivity contribution in [3.8, 4) is 0 Å². The van der Waals surface area contributed by atoms with Crippen LogP contribution < -0.4 is 0 Å². The lowest BCUT2D eigenvalue weighted by atomic mass is 9.65. The van der Waals surface area contributed by atoms with E-state index in [1.54, 1.807) is 6.08 Å². The number of esters is 1. The number of aliphatic hydroxyl groups excluding tert-OH is 2. The van der Waals surface area contributed by atoms with Gasteiger partial charge in [0.05, 0.1) is 24.0 Å². The fraction of sp³-hybridized carbons (Fsp3) is 0.692. The predicted octanol–water partition coefficient (Wildman–Crippen LogP) is 4.27. The topological polar surface area (TPSA) is 104 Å². The van der Waals surface area contributed by atoms with Gasteiger partial charge in [0.15, 0.2) is 0 Å². The van der Waals surface area contributed by atoms with Crippen LogP contribution in [0.15, 0.2) is 36.5 Å². The number of carbonyl (C=O) groups is 2. The van der Waals surface area contributed by atoms with E-state index < -0.39 is 23.6 Å². The van der Waals surface area contributed by atoms with Crippen LogP contribution in [0.25, 0.3) is 0 Å². The van der Waals surface area contributed by atoms with Crippen molar-refractivity contribution in [3.05, 3.63) is 36.5 Å². The number of carbonyl (C=O) groups excluding carboxylic acids is 1. The summed E-state index contributed by atoms with van der Waals surface area (Å²) in [6.45, 7) is 11.9. The Balaban J connectivity index is 2.15. The third kappa shape index (κ3) is 6.55. The van der Waals surface area contributed by atoms with E-state index in [-0.39, 0.29) is 42.7 Å². The van der Waals surface area contributed by atoms with Gasteiger partial charge in [-0.2, -0.15) is 0 Å². The molecule has 8 atom stereocenters. The highest BCUT2D eigenvalue weighted by Gasteiger charge is 2.43. The Morgan fingerprint density at radius 2 is 2.00 bits per heavy atom. The van der Waals surface area contributed by atoms with E-state index in [2.05, 4.69) is 38.7 Å². The van der Waals surface area contributed by atoms with Crippen LogP contribution in [0.4, 0.5) is 0 Å². The SMILES string of the molecule is C=C[C@@](C)(CC)C(=O)O[C@H]1C[C@@H](C)C=C2C=C[C@H](C)[C@H](CCC(O)C[C@H](O)CC(=O)O)[C@H]21. The molecule has 6 heteroatoms. The first-order valence-corrected chi connectivity index (χ1v) is 11.8. The summed E-state index contributed by atoms with van der Waals surface area (Å²) in [7, 11) is 0. The Morgan fingerprint density at radius 3 is 2.59 bits per heavy atom. The zero-order valence-electron chi connectivity index (χ0n) is 19.9. The average molecular weight is 449 g/mol. The van der Waals surface area contributed by atoms with Gasteiger partial charge < -0.3 is 20.1 Å². The average Bonchev–Trinajstić information content (AvgIpc) is 2.71. The summed E-state index contributed by atoms with van der Waals surface area (Å²) < 4.78 is 6.12. The zero-order valence-corrected chi connectivity index (χ0v) is 19.9. The lowest BCUT2D eigenvalue weighted by Gasteiger charge is -2.44. The molecule has 0 aromatic rings. The fourth-order valence-electron chi connectivity index (χ4n) is 4.97. The molecule has 0 aliphatic heterocycles. The minimum absolute atomic E-state index is 0.0419. The maximum absolute atomic E-state index is 13.0. The second kappa shape index (κ2) is 11.3. The van der Waals surface area contributed by atoms with Crippen molar-refractivity contribution in [2.24, 2.45) is 29.1 Å². The van der Waals surface area contributed by atoms with Crippen LogP contribution in [0, 0.1) is 29.1 Å². The molecule has 0 heterocycles. The lowest BCUT2D eigenvalue weighted by Crippen LogP contribution is -2.43. The lowest BCUT2D eigenvalue weighted by molar-refractivity contribution is -0.163. The van der Waals surface area contributed by atoms with Crippen molar-refractivity contribution in [2.75, 3.05) is 0 Å². The molecular formula is C26H40O6. The summed E-state index contributed by atoms with van der Waals surface area (Å²) in [5.41, 5.74) is 0.467. The van der Waals surface area contributed by atoms with Crippen molar-refractivity contribution >= 4 is 11.9 Å². The van der Waals surface area contributed by atoms with E-state index >= 15 is 0 Å². The van der Waals surface area contributed by atoms with Crippen LogP contribution in [0.3, 0.4) is 0 Å². The molecule has 2 rings (SSSR count). The highest BCUT2D eigenvalue weighted by Crippen LogP contribution is 2.45. The predicted molar refractivity (Wildman–Crippen MR) is 124 cm³/mol. The number of carboxylic acid groups (broad SMARTS) is 1. The number of hydrogen-bond donors (Lipinski definition) is 3. The Labute approximate surface area is 192 Å². The van der Waals surface area contributed by atoms with Gasteiger partial charge in [-0.1, -0.05) is 45.1 Å². The molecule has 0 bridgehead atoms. The minimum Gasteiger partial charge on any atom is -0.481 e. The number of aliphatic hydroxyl groups is 2. The summed E-state index contributed by atoms with van der Waals surface area (Å²) in [4.78, 5) is 23.8. The van der Waals surface area contributed by atoms with Gasteiger partial charge in [0, 0.05) is 5.92 Å². The molecule has 2 aliphatic rings. The maximum atomic E-state index is 13.0. The van der Waals surface area contributed by atoms with Crippen molar-refractivity contribution in [1.29, 1.82) is 0 Å². The fourth-order valence-corrected chi connectivity index (χ4v) is 4.97. The van der Waals surface area contributed by atoms with Crippen LogP contribution in [0.2, 0.25) is 0 Å². The van der Waals surface area contributed by atoms with Gasteiger partial charge in [-0.25, -0.2) is 0 Å². The van der Waals surface area contributed by atoms with Crippen LogP contribution in [-0.2, 0) is 14.3 Å². The molecule has 0 aromatic heterocycles. The molecule has 0 fully saturated rings. The molecule has 0 radical (unpaired) electrons. The first-order chi connectivity index (χ1) is 15.0. The van der Waals surface area contributed by atoms with Gasteiger partial charge in [-0.3, -0.25) is 9.59 Å². The van der Waals surface area contributed by atoms with Crippen molar-refractivity contribution in [1.82, 2.24) is 0 Å².